The summed E-state index contributed by atoms with van der Waals surface area (Å²) < 4.78 is 2.11. The van der Waals surface area contributed by atoms with Crippen LogP contribution in [-0.2, 0) is 5.54 Å². The van der Waals surface area contributed by atoms with Gasteiger partial charge >= 0.3 is 5.97 Å². The van der Waals surface area contributed by atoms with Crippen molar-refractivity contribution in [3.05, 3.63) is 23.0 Å². The molecule has 0 aromatic carbocycles. The van der Waals surface area contributed by atoms with Crippen LogP contribution >= 0.6 is 0 Å². The number of carbonyl (C=O) groups is 1. The molecule has 15 heavy (non-hydrogen) atoms. The monoisotopic (exact) mass is 209 g/mol. The van der Waals surface area contributed by atoms with Gasteiger partial charge in [0.1, 0.15) is 0 Å². The number of carboxylic acids is 1. The molecule has 1 N–H and O–H groups in total. The number of hydrogen-bond donors (Lipinski definition) is 1. The van der Waals surface area contributed by atoms with Crippen molar-refractivity contribution in [3.8, 4) is 0 Å². The minimum atomic E-state index is -0.846. The maximum atomic E-state index is 11.0. The van der Waals surface area contributed by atoms with Crippen LogP contribution in [0.5, 0.6) is 0 Å². The van der Waals surface area contributed by atoms with Crippen LogP contribution in [0.2, 0.25) is 0 Å². The molecular formula is C12H19NO2. The fourth-order valence-electron chi connectivity index (χ4n) is 2.07. The van der Waals surface area contributed by atoms with Crippen molar-refractivity contribution < 1.29 is 9.90 Å². The molecule has 84 valence electrons. The SMILES string of the molecule is CCC(C)(C)n1c(C)cc(C(=O)O)c1C. The lowest BCUT2D eigenvalue weighted by molar-refractivity contribution is 0.0695. The molecule has 1 heterocycles. The quantitative estimate of drug-likeness (QED) is 0.831. The van der Waals surface area contributed by atoms with Gasteiger partial charge in [0.25, 0.3) is 0 Å². The lowest BCUT2D eigenvalue weighted by atomic mass is 10.0. The Morgan fingerprint density at radius 2 is 2.00 bits per heavy atom. The number of aromatic carboxylic acids is 1. The number of aryl methyl sites for hydroxylation is 1. The zero-order chi connectivity index (χ0) is 11.8. The third-order valence-corrected chi connectivity index (χ3v) is 3.13. The van der Waals surface area contributed by atoms with Crippen LogP contribution in [0, 0.1) is 13.8 Å². The average Bonchev–Trinajstić information content (AvgIpc) is 2.42. The molecule has 0 fully saturated rings. The summed E-state index contributed by atoms with van der Waals surface area (Å²) in [6.07, 6.45) is 0.975. The predicted molar refractivity (Wildman–Crippen MR) is 60.5 cm³/mol. The number of nitrogens with zero attached hydrogens (tertiary/aromatic N) is 1. The van der Waals surface area contributed by atoms with Crippen LogP contribution in [0.15, 0.2) is 6.07 Å². The van der Waals surface area contributed by atoms with Crippen molar-refractivity contribution in [2.75, 3.05) is 0 Å². The maximum Gasteiger partial charge on any atom is 0.337 e. The highest BCUT2D eigenvalue weighted by molar-refractivity contribution is 5.89. The van der Waals surface area contributed by atoms with E-state index >= 15 is 0 Å². The number of hydrogen-bond acceptors (Lipinski definition) is 1. The van der Waals surface area contributed by atoms with Crippen molar-refractivity contribution in [2.24, 2.45) is 0 Å². The smallest absolute Gasteiger partial charge is 0.337 e. The second-order valence-corrected chi connectivity index (χ2v) is 4.59. The normalized spacial score (nSPS) is 11.8. The Balaban J connectivity index is 3.38. The standard InChI is InChI=1S/C12H19NO2/c1-6-12(4,5)13-8(2)7-10(9(13)3)11(14)15/h7H,6H2,1-5H3,(H,14,15). The summed E-state index contributed by atoms with van der Waals surface area (Å²) in [4.78, 5) is 11.0. The van der Waals surface area contributed by atoms with Crippen LogP contribution in [0.3, 0.4) is 0 Å². The van der Waals surface area contributed by atoms with Gasteiger partial charge in [-0.15, -0.1) is 0 Å². The lowest BCUT2D eigenvalue weighted by Crippen LogP contribution is -2.27. The van der Waals surface area contributed by atoms with E-state index in [1.54, 1.807) is 6.07 Å². The molecular weight excluding hydrogens is 190 g/mol. The van der Waals surface area contributed by atoms with Gasteiger partial charge in [-0.25, -0.2) is 4.79 Å². The predicted octanol–water partition coefficient (Wildman–Crippen LogP) is 2.95. The second kappa shape index (κ2) is 3.72. The first kappa shape index (κ1) is 11.8. The third kappa shape index (κ3) is 1.91. The van der Waals surface area contributed by atoms with E-state index in [0.717, 1.165) is 17.8 Å². The molecule has 0 saturated heterocycles. The maximum absolute atomic E-state index is 11.0. The Morgan fingerprint density at radius 1 is 1.47 bits per heavy atom. The van der Waals surface area contributed by atoms with Gasteiger partial charge in [-0.05, 0) is 40.2 Å². The molecule has 0 saturated carbocycles. The van der Waals surface area contributed by atoms with E-state index in [4.69, 9.17) is 5.11 Å². The average molecular weight is 209 g/mol. The Kier molecular flexibility index (Phi) is 2.93. The van der Waals surface area contributed by atoms with Crippen LogP contribution in [0.4, 0.5) is 0 Å². The largest absolute Gasteiger partial charge is 0.478 e. The van der Waals surface area contributed by atoms with E-state index in [0.29, 0.717) is 5.56 Å². The van der Waals surface area contributed by atoms with Gasteiger partial charge in [0.2, 0.25) is 0 Å². The van der Waals surface area contributed by atoms with E-state index < -0.39 is 5.97 Å². The van der Waals surface area contributed by atoms with Gasteiger partial charge in [-0.3, -0.25) is 0 Å². The zero-order valence-corrected chi connectivity index (χ0v) is 10.1. The zero-order valence-electron chi connectivity index (χ0n) is 10.1. The molecule has 0 amide bonds. The minimum absolute atomic E-state index is 0.0259. The Bertz CT molecular complexity index is 389. The molecule has 0 aliphatic rings. The highest BCUT2D eigenvalue weighted by Crippen LogP contribution is 2.27. The Hall–Kier alpha value is -1.25. The van der Waals surface area contributed by atoms with Gasteiger partial charge in [0, 0.05) is 16.9 Å². The van der Waals surface area contributed by atoms with Gasteiger partial charge in [0.05, 0.1) is 5.56 Å². The highest BCUT2D eigenvalue weighted by Gasteiger charge is 2.24. The molecule has 0 atom stereocenters. The molecule has 0 spiro atoms. The van der Waals surface area contributed by atoms with Gasteiger partial charge in [-0.2, -0.15) is 0 Å². The third-order valence-electron chi connectivity index (χ3n) is 3.13. The first-order valence-electron chi connectivity index (χ1n) is 5.24. The summed E-state index contributed by atoms with van der Waals surface area (Å²) in [5.41, 5.74) is 2.24. The highest BCUT2D eigenvalue weighted by atomic mass is 16.4. The summed E-state index contributed by atoms with van der Waals surface area (Å²) >= 11 is 0. The van der Waals surface area contributed by atoms with Crippen LogP contribution < -0.4 is 0 Å². The van der Waals surface area contributed by atoms with Crippen LogP contribution in [0.1, 0.15) is 48.9 Å². The summed E-state index contributed by atoms with van der Waals surface area (Å²) in [5.74, 6) is -0.846. The molecule has 0 bridgehead atoms. The number of rotatable bonds is 3. The van der Waals surface area contributed by atoms with Crippen molar-refractivity contribution in [1.29, 1.82) is 0 Å². The summed E-state index contributed by atoms with van der Waals surface area (Å²) in [7, 11) is 0. The molecule has 0 unspecified atom stereocenters. The van der Waals surface area contributed by atoms with E-state index in [2.05, 4.69) is 25.3 Å². The first-order valence-corrected chi connectivity index (χ1v) is 5.24. The molecule has 1 rings (SSSR count). The second-order valence-electron chi connectivity index (χ2n) is 4.59. The van der Waals surface area contributed by atoms with Crippen molar-refractivity contribution >= 4 is 5.97 Å². The van der Waals surface area contributed by atoms with E-state index in [9.17, 15) is 4.79 Å². The molecule has 0 radical (unpaired) electrons. The van der Waals surface area contributed by atoms with Gasteiger partial charge < -0.3 is 9.67 Å². The number of aromatic nitrogens is 1. The van der Waals surface area contributed by atoms with Crippen molar-refractivity contribution in [1.82, 2.24) is 4.57 Å². The van der Waals surface area contributed by atoms with Gasteiger partial charge in [-0.1, -0.05) is 6.92 Å². The van der Waals surface area contributed by atoms with Crippen LogP contribution in [0.25, 0.3) is 0 Å². The molecule has 3 heteroatoms. The number of carboxylic acid groups (broad SMARTS) is 1. The Labute approximate surface area is 90.7 Å². The molecule has 0 aliphatic heterocycles. The minimum Gasteiger partial charge on any atom is -0.478 e. The van der Waals surface area contributed by atoms with Gasteiger partial charge in [0.15, 0.2) is 0 Å². The molecule has 0 aliphatic carbocycles. The van der Waals surface area contributed by atoms with Crippen molar-refractivity contribution in [2.45, 2.75) is 46.6 Å². The molecule has 3 nitrogen and oxygen atoms in total. The van der Waals surface area contributed by atoms with E-state index in [-0.39, 0.29) is 5.54 Å². The summed E-state index contributed by atoms with van der Waals surface area (Å²) in [6, 6.07) is 1.75. The summed E-state index contributed by atoms with van der Waals surface area (Å²) in [5, 5.41) is 9.03. The fourth-order valence-corrected chi connectivity index (χ4v) is 2.07. The molecule has 1 aromatic rings. The fraction of sp³-hybridized carbons (Fsp3) is 0.583. The first-order chi connectivity index (χ1) is 6.81. The molecule has 1 aromatic heterocycles. The topological polar surface area (TPSA) is 42.2 Å². The summed E-state index contributed by atoms with van der Waals surface area (Å²) in [6.45, 7) is 10.2. The Morgan fingerprint density at radius 3 is 2.33 bits per heavy atom. The van der Waals surface area contributed by atoms with E-state index in [1.807, 2.05) is 13.8 Å². The van der Waals surface area contributed by atoms with E-state index in [1.165, 1.54) is 0 Å². The van der Waals surface area contributed by atoms with Crippen molar-refractivity contribution in [3.63, 3.8) is 0 Å². The van der Waals surface area contributed by atoms with Crippen LogP contribution in [-0.4, -0.2) is 15.6 Å². The lowest BCUT2D eigenvalue weighted by Gasteiger charge is -2.29.